The first kappa shape index (κ1) is 17.8. The third-order valence-electron chi connectivity index (χ3n) is 4.21. The molecule has 128 valence electrons. The van der Waals surface area contributed by atoms with Crippen LogP contribution in [0.25, 0.3) is 0 Å². The molecule has 23 heavy (non-hydrogen) atoms. The molecule has 1 fully saturated rings. The van der Waals surface area contributed by atoms with E-state index in [4.69, 9.17) is 4.74 Å². The van der Waals surface area contributed by atoms with Gasteiger partial charge in [0.25, 0.3) is 0 Å². The van der Waals surface area contributed by atoms with Gasteiger partial charge in [0.15, 0.2) is 9.84 Å². The molecule has 0 saturated carbocycles. The molecule has 1 unspecified atom stereocenters. The molecular weight excluding hydrogens is 314 g/mol. The molecule has 0 bridgehead atoms. The standard InChI is InChI=1S/C17H25NO4S/c1-22-16-6-2-4-14(12-16)7-8-17(19)18-10-3-5-15-9-11-23(20,21)13-15/h2,4,6,12,15H,3,5,7-11,13H2,1H3,(H,18,19). The van der Waals surface area contributed by atoms with Crippen molar-refractivity contribution in [1.82, 2.24) is 5.32 Å². The number of hydrogen-bond acceptors (Lipinski definition) is 4. The van der Waals surface area contributed by atoms with E-state index in [1.807, 2.05) is 24.3 Å². The summed E-state index contributed by atoms with van der Waals surface area (Å²) in [6.07, 6.45) is 3.61. The Morgan fingerprint density at radius 3 is 2.91 bits per heavy atom. The number of sulfone groups is 1. The summed E-state index contributed by atoms with van der Waals surface area (Å²) in [4.78, 5) is 11.8. The molecule has 1 aromatic carbocycles. The number of rotatable bonds is 8. The number of carbonyl (C=O) groups excluding carboxylic acids is 1. The average Bonchev–Trinajstić information content (AvgIpc) is 2.89. The second-order valence-corrected chi connectivity index (χ2v) is 8.34. The van der Waals surface area contributed by atoms with Crippen LogP contribution in [0.2, 0.25) is 0 Å². The molecule has 1 amide bonds. The minimum Gasteiger partial charge on any atom is -0.497 e. The van der Waals surface area contributed by atoms with Gasteiger partial charge >= 0.3 is 0 Å². The van der Waals surface area contributed by atoms with Crippen LogP contribution in [-0.2, 0) is 21.1 Å². The first-order chi connectivity index (χ1) is 11.0. The summed E-state index contributed by atoms with van der Waals surface area (Å²) in [5, 5.41) is 2.91. The molecule has 0 radical (unpaired) electrons. The van der Waals surface area contributed by atoms with Crippen LogP contribution in [0.1, 0.15) is 31.2 Å². The lowest BCUT2D eigenvalue weighted by atomic mass is 10.0. The fraction of sp³-hybridized carbons (Fsp3) is 0.588. The highest BCUT2D eigenvalue weighted by Crippen LogP contribution is 2.22. The number of carbonyl (C=O) groups is 1. The first-order valence-electron chi connectivity index (χ1n) is 8.08. The molecule has 1 N–H and O–H groups in total. The second kappa shape index (κ2) is 8.34. The van der Waals surface area contributed by atoms with Crippen molar-refractivity contribution in [1.29, 1.82) is 0 Å². The predicted molar refractivity (Wildman–Crippen MR) is 90.3 cm³/mol. The third kappa shape index (κ3) is 6.22. The number of benzene rings is 1. The van der Waals surface area contributed by atoms with Crippen molar-refractivity contribution in [2.24, 2.45) is 5.92 Å². The minimum absolute atomic E-state index is 0.0341. The Kier molecular flexibility index (Phi) is 6.45. The summed E-state index contributed by atoms with van der Waals surface area (Å²) >= 11 is 0. The fourth-order valence-corrected chi connectivity index (χ4v) is 4.80. The summed E-state index contributed by atoms with van der Waals surface area (Å²) in [6.45, 7) is 0.619. The van der Waals surface area contributed by atoms with Gasteiger partial charge in [-0.3, -0.25) is 4.79 Å². The highest BCUT2D eigenvalue weighted by Gasteiger charge is 2.27. The van der Waals surface area contributed by atoms with Gasteiger partial charge in [0.05, 0.1) is 18.6 Å². The van der Waals surface area contributed by atoms with Gasteiger partial charge in [0.2, 0.25) is 5.91 Å². The Morgan fingerprint density at radius 1 is 1.39 bits per heavy atom. The summed E-state index contributed by atoms with van der Waals surface area (Å²) in [7, 11) is -1.17. The number of hydrogen-bond donors (Lipinski definition) is 1. The van der Waals surface area contributed by atoms with E-state index in [1.54, 1.807) is 7.11 Å². The fourth-order valence-electron chi connectivity index (χ4n) is 2.89. The van der Waals surface area contributed by atoms with Gasteiger partial charge in [-0.05, 0) is 49.3 Å². The Hall–Kier alpha value is -1.56. The first-order valence-corrected chi connectivity index (χ1v) is 9.91. The third-order valence-corrected chi connectivity index (χ3v) is 6.05. The highest BCUT2D eigenvalue weighted by atomic mass is 32.2. The maximum absolute atomic E-state index is 11.8. The van der Waals surface area contributed by atoms with Gasteiger partial charge in [-0.2, -0.15) is 0 Å². The molecule has 1 aromatic rings. The molecule has 6 heteroatoms. The van der Waals surface area contributed by atoms with Crippen LogP contribution in [0.15, 0.2) is 24.3 Å². The van der Waals surface area contributed by atoms with E-state index in [9.17, 15) is 13.2 Å². The van der Waals surface area contributed by atoms with Crippen molar-refractivity contribution >= 4 is 15.7 Å². The topological polar surface area (TPSA) is 72.5 Å². The molecule has 2 rings (SSSR count). The van der Waals surface area contributed by atoms with Crippen molar-refractivity contribution in [3.63, 3.8) is 0 Å². The molecule has 1 aliphatic rings. The Balaban J connectivity index is 1.60. The normalized spacial score (nSPS) is 19.4. The number of methoxy groups -OCH3 is 1. The smallest absolute Gasteiger partial charge is 0.220 e. The zero-order chi connectivity index (χ0) is 16.7. The monoisotopic (exact) mass is 339 g/mol. The van der Waals surface area contributed by atoms with E-state index >= 15 is 0 Å². The molecule has 1 heterocycles. The van der Waals surface area contributed by atoms with Crippen molar-refractivity contribution < 1.29 is 17.9 Å². The molecule has 0 aromatic heterocycles. The molecule has 1 saturated heterocycles. The lowest BCUT2D eigenvalue weighted by Crippen LogP contribution is -2.25. The Labute approximate surface area is 138 Å². The van der Waals surface area contributed by atoms with Crippen molar-refractivity contribution in [3.05, 3.63) is 29.8 Å². The van der Waals surface area contributed by atoms with Gasteiger partial charge in [0, 0.05) is 13.0 Å². The van der Waals surface area contributed by atoms with Crippen molar-refractivity contribution in [3.8, 4) is 5.75 Å². The van der Waals surface area contributed by atoms with Gasteiger partial charge < -0.3 is 10.1 Å². The average molecular weight is 339 g/mol. The van der Waals surface area contributed by atoms with E-state index in [0.29, 0.717) is 30.9 Å². The van der Waals surface area contributed by atoms with E-state index in [1.165, 1.54) is 0 Å². The van der Waals surface area contributed by atoms with Crippen LogP contribution in [0.3, 0.4) is 0 Å². The maximum atomic E-state index is 11.8. The SMILES string of the molecule is COc1cccc(CCC(=O)NCCCC2CCS(=O)(=O)C2)c1. The zero-order valence-electron chi connectivity index (χ0n) is 13.6. The van der Waals surface area contributed by atoms with Crippen LogP contribution in [0.4, 0.5) is 0 Å². The Morgan fingerprint density at radius 2 is 2.22 bits per heavy atom. The van der Waals surface area contributed by atoms with Crippen molar-refractivity contribution in [2.75, 3.05) is 25.2 Å². The molecule has 1 aliphatic heterocycles. The number of amides is 1. The van der Waals surface area contributed by atoms with E-state index in [2.05, 4.69) is 5.32 Å². The summed E-state index contributed by atoms with van der Waals surface area (Å²) in [6, 6.07) is 7.72. The molecular formula is C17H25NO4S. The number of aryl methyl sites for hydroxylation is 1. The quantitative estimate of drug-likeness (QED) is 0.735. The molecule has 0 spiro atoms. The Bertz CT molecular complexity index is 627. The summed E-state index contributed by atoms with van der Waals surface area (Å²) < 4.78 is 27.9. The number of ether oxygens (including phenoxy) is 1. The molecule has 0 aliphatic carbocycles. The minimum atomic E-state index is -2.79. The summed E-state index contributed by atoms with van der Waals surface area (Å²) in [5.41, 5.74) is 1.08. The van der Waals surface area contributed by atoms with E-state index in [0.717, 1.165) is 30.6 Å². The zero-order valence-corrected chi connectivity index (χ0v) is 14.4. The largest absolute Gasteiger partial charge is 0.497 e. The van der Waals surface area contributed by atoms with Crippen LogP contribution >= 0.6 is 0 Å². The number of nitrogens with one attached hydrogen (secondary N) is 1. The van der Waals surface area contributed by atoms with Gasteiger partial charge in [0.1, 0.15) is 5.75 Å². The van der Waals surface area contributed by atoms with Crippen LogP contribution < -0.4 is 10.1 Å². The molecule has 5 nitrogen and oxygen atoms in total. The molecule has 1 atom stereocenters. The predicted octanol–water partition coefficient (Wildman–Crippen LogP) is 1.96. The van der Waals surface area contributed by atoms with E-state index in [-0.39, 0.29) is 11.8 Å². The van der Waals surface area contributed by atoms with Gasteiger partial charge in [-0.15, -0.1) is 0 Å². The van der Waals surface area contributed by atoms with Gasteiger partial charge in [-0.25, -0.2) is 8.42 Å². The van der Waals surface area contributed by atoms with Gasteiger partial charge in [-0.1, -0.05) is 12.1 Å². The van der Waals surface area contributed by atoms with E-state index < -0.39 is 9.84 Å². The maximum Gasteiger partial charge on any atom is 0.220 e. The highest BCUT2D eigenvalue weighted by molar-refractivity contribution is 7.91. The lowest BCUT2D eigenvalue weighted by Gasteiger charge is -2.09. The summed E-state index contributed by atoms with van der Waals surface area (Å²) in [5.74, 6) is 1.75. The lowest BCUT2D eigenvalue weighted by molar-refractivity contribution is -0.121. The second-order valence-electron chi connectivity index (χ2n) is 6.11. The van der Waals surface area contributed by atoms with Crippen LogP contribution in [0, 0.1) is 5.92 Å². The van der Waals surface area contributed by atoms with Crippen LogP contribution in [-0.4, -0.2) is 39.5 Å². The van der Waals surface area contributed by atoms with Crippen molar-refractivity contribution in [2.45, 2.75) is 32.1 Å². The van der Waals surface area contributed by atoms with Crippen LogP contribution in [0.5, 0.6) is 5.75 Å².